The van der Waals surface area contributed by atoms with Gasteiger partial charge in [0.2, 0.25) is 0 Å². The minimum Gasteiger partial charge on any atom is -0.469 e. The van der Waals surface area contributed by atoms with E-state index in [9.17, 15) is 4.79 Å². The molecule has 0 N–H and O–H groups in total. The van der Waals surface area contributed by atoms with Gasteiger partial charge in [0.25, 0.3) is 0 Å². The van der Waals surface area contributed by atoms with Gasteiger partial charge in [-0.3, -0.25) is 4.79 Å². The fraction of sp³-hybridized carbons (Fsp3) is 0.727. The Bertz CT molecular complexity index is 253. The number of esters is 1. The molecule has 2 aliphatic carbocycles. The molecule has 2 rings (SSSR count). The molecule has 0 radical (unpaired) electrons. The van der Waals surface area contributed by atoms with Crippen molar-refractivity contribution in [2.45, 2.75) is 32.1 Å². The van der Waals surface area contributed by atoms with Gasteiger partial charge in [-0.25, -0.2) is 0 Å². The standard InChI is InChI=1S/C11H16O2/c1-8-5-6-11(7-8,9-3-4-9)10(12)13-2/h9H,1,3-7H2,2H3. The second-order valence-electron chi connectivity index (χ2n) is 4.35. The van der Waals surface area contributed by atoms with Gasteiger partial charge in [-0.05, 0) is 38.0 Å². The van der Waals surface area contributed by atoms with Crippen LogP contribution in [0, 0.1) is 11.3 Å². The van der Waals surface area contributed by atoms with Gasteiger partial charge in [-0.2, -0.15) is 0 Å². The number of ether oxygens (including phenoxy) is 1. The van der Waals surface area contributed by atoms with Crippen molar-refractivity contribution in [1.82, 2.24) is 0 Å². The molecule has 0 saturated heterocycles. The van der Waals surface area contributed by atoms with E-state index in [0.29, 0.717) is 5.92 Å². The molecule has 72 valence electrons. The molecular weight excluding hydrogens is 164 g/mol. The molecule has 0 amide bonds. The van der Waals surface area contributed by atoms with Crippen LogP contribution >= 0.6 is 0 Å². The summed E-state index contributed by atoms with van der Waals surface area (Å²) in [6.07, 6.45) is 5.23. The lowest BCUT2D eigenvalue weighted by molar-refractivity contribution is -0.153. The van der Waals surface area contributed by atoms with E-state index in [1.807, 2.05) is 0 Å². The molecule has 0 spiro atoms. The Morgan fingerprint density at radius 2 is 2.31 bits per heavy atom. The normalized spacial score (nSPS) is 33.5. The fourth-order valence-corrected chi connectivity index (χ4v) is 2.55. The van der Waals surface area contributed by atoms with Crippen LogP contribution in [-0.2, 0) is 9.53 Å². The lowest BCUT2D eigenvalue weighted by Crippen LogP contribution is -2.31. The van der Waals surface area contributed by atoms with E-state index < -0.39 is 0 Å². The number of hydrogen-bond acceptors (Lipinski definition) is 2. The maximum atomic E-state index is 11.7. The number of hydrogen-bond donors (Lipinski definition) is 0. The first-order chi connectivity index (χ1) is 6.19. The van der Waals surface area contributed by atoms with Gasteiger partial charge in [-0.1, -0.05) is 12.2 Å². The van der Waals surface area contributed by atoms with Crippen LogP contribution in [0.15, 0.2) is 12.2 Å². The van der Waals surface area contributed by atoms with E-state index in [4.69, 9.17) is 4.74 Å². The summed E-state index contributed by atoms with van der Waals surface area (Å²) in [4.78, 5) is 11.7. The summed E-state index contributed by atoms with van der Waals surface area (Å²) >= 11 is 0. The maximum absolute atomic E-state index is 11.7. The molecule has 0 bridgehead atoms. The van der Waals surface area contributed by atoms with E-state index in [1.165, 1.54) is 25.5 Å². The van der Waals surface area contributed by atoms with Crippen molar-refractivity contribution >= 4 is 5.97 Å². The summed E-state index contributed by atoms with van der Waals surface area (Å²) in [6.45, 7) is 3.97. The average molecular weight is 180 g/mol. The predicted octanol–water partition coefficient (Wildman–Crippen LogP) is 2.30. The zero-order valence-electron chi connectivity index (χ0n) is 8.14. The smallest absolute Gasteiger partial charge is 0.312 e. The minimum atomic E-state index is -0.175. The highest BCUT2D eigenvalue weighted by molar-refractivity contribution is 5.78. The number of carbonyl (C=O) groups is 1. The van der Waals surface area contributed by atoms with Crippen LogP contribution in [0.5, 0.6) is 0 Å². The van der Waals surface area contributed by atoms with Crippen LogP contribution in [-0.4, -0.2) is 13.1 Å². The Morgan fingerprint density at radius 1 is 1.62 bits per heavy atom. The third kappa shape index (κ3) is 1.28. The fourth-order valence-electron chi connectivity index (χ4n) is 2.55. The van der Waals surface area contributed by atoms with Crippen molar-refractivity contribution in [3.8, 4) is 0 Å². The largest absolute Gasteiger partial charge is 0.469 e. The Hall–Kier alpha value is -0.790. The van der Waals surface area contributed by atoms with Gasteiger partial charge in [-0.15, -0.1) is 0 Å². The quantitative estimate of drug-likeness (QED) is 0.481. The summed E-state index contributed by atoms with van der Waals surface area (Å²) in [5, 5.41) is 0. The van der Waals surface area contributed by atoms with Crippen LogP contribution in [0.3, 0.4) is 0 Å². The average Bonchev–Trinajstić information content (AvgIpc) is 2.90. The second kappa shape index (κ2) is 2.86. The zero-order valence-corrected chi connectivity index (χ0v) is 8.14. The molecule has 0 aromatic carbocycles. The monoisotopic (exact) mass is 180 g/mol. The molecule has 1 atom stereocenters. The molecule has 0 aromatic heterocycles. The van der Waals surface area contributed by atoms with Crippen molar-refractivity contribution in [2.24, 2.45) is 11.3 Å². The van der Waals surface area contributed by atoms with Crippen LogP contribution in [0.4, 0.5) is 0 Å². The Balaban J connectivity index is 2.20. The predicted molar refractivity (Wildman–Crippen MR) is 50.2 cm³/mol. The van der Waals surface area contributed by atoms with E-state index in [0.717, 1.165) is 19.3 Å². The van der Waals surface area contributed by atoms with Crippen LogP contribution in [0.1, 0.15) is 32.1 Å². The van der Waals surface area contributed by atoms with Gasteiger partial charge in [0, 0.05) is 0 Å². The molecular formula is C11H16O2. The van der Waals surface area contributed by atoms with Gasteiger partial charge < -0.3 is 4.74 Å². The second-order valence-corrected chi connectivity index (χ2v) is 4.35. The summed E-state index contributed by atoms with van der Waals surface area (Å²) in [6, 6.07) is 0. The van der Waals surface area contributed by atoms with Gasteiger partial charge in [0.05, 0.1) is 12.5 Å². The molecule has 13 heavy (non-hydrogen) atoms. The van der Waals surface area contributed by atoms with Crippen molar-refractivity contribution < 1.29 is 9.53 Å². The van der Waals surface area contributed by atoms with Crippen molar-refractivity contribution in [3.05, 3.63) is 12.2 Å². The topological polar surface area (TPSA) is 26.3 Å². The molecule has 0 aromatic rings. The van der Waals surface area contributed by atoms with Crippen molar-refractivity contribution in [2.75, 3.05) is 7.11 Å². The Morgan fingerprint density at radius 3 is 2.69 bits per heavy atom. The number of methoxy groups -OCH3 is 1. The molecule has 2 fully saturated rings. The first-order valence-electron chi connectivity index (χ1n) is 4.94. The first-order valence-corrected chi connectivity index (χ1v) is 4.94. The molecule has 0 heterocycles. The van der Waals surface area contributed by atoms with Gasteiger partial charge in [0.1, 0.15) is 0 Å². The van der Waals surface area contributed by atoms with Crippen LogP contribution in [0.25, 0.3) is 0 Å². The van der Waals surface area contributed by atoms with E-state index in [1.54, 1.807) is 0 Å². The molecule has 1 unspecified atom stereocenters. The van der Waals surface area contributed by atoms with Crippen LogP contribution in [0.2, 0.25) is 0 Å². The Kier molecular flexibility index (Phi) is 1.94. The highest BCUT2D eigenvalue weighted by Gasteiger charge is 2.53. The zero-order chi connectivity index (χ0) is 9.47. The highest BCUT2D eigenvalue weighted by Crippen LogP contribution is 2.56. The molecule has 2 heteroatoms. The Labute approximate surface area is 79.0 Å². The minimum absolute atomic E-state index is 0.00588. The van der Waals surface area contributed by atoms with E-state index in [2.05, 4.69) is 6.58 Å². The van der Waals surface area contributed by atoms with Gasteiger partial charge >= 0.3 is 5.97 Å². The third-order valence-corrected chi connectivity index (χ3v) is 3.44. The van der Waals surface area contributed by atoms with Crippen molar-refractivity contribution in [3.63, 3.8) is 0 Å². The summed E-state index contributed by atoms with van der Waals surface area (Å²) in [7, 11) is 1.49. The van der Waals surface area contributed by atoms with Crippen molar-refractivity contribution in [1.29, 1.82) is 0 Å². The molecule has 0 aliphatic heterocycles. The number of rotatable bonds is 2. The SMILES string of the molecule is C=C1CCC(C(=O)OC)(C2CC2)C1. The third-order valence-electron chi connectivity index (χ3n) is 3.44. The van der Waals surface area contributed by atoms with E-state index in [-0.39, 0.29) is 11.4 Å². The maximum Gasteiger partial charge on any atom is 0.312 e. The summed E-state index contributed by atoms with van der Waals surface area (Å²) in [5.41, 5.74) is 1.04. The first kappa shape index (κ1) is 8.79. The highest BCUT2D eigenvalue weighted by atomic mass is 16.5. The molecule has 2 nitrogen and oxygen atoms in total. The molecule has 2 saturated carbocycles. The summed E-state index contributed by atoms with van der Waals surface area (Å²) in [5.74, 6) is 0.577. The lowest BCUT2D eigenvalue weighted by atomic mass is 9.81. The van der Waals surface area contributed by atoms with E-state index >= 15 is 0 Å². The molecule has 2 aliphatic rings. The number of carbonyl (C=O) groups excluding carboxylic acids is 1. The van der Waals surface area contributed by atoms with Gasteiger partial charge in [0.15, 0.2) is 0 Å². The lowest BCUT2D eigenvalue weighted by Gasteiger charge is -2.25. The summed E-state index contributed by atoms with van der Waals surface area (Å²) < 4.78 is 4.91. The number of allylic oxidation sites excluding steroid dienone is 1. The van der Waals surface area contributed by atoms with Crippen LogP contribution < -0.4 is 0 Å².